The maximum absolute atomic E-state index is 4.63. The van der Waals surface area contributed by atoms with Crippen molar-refractivity contribution < 1.29 is 0 Å². The molecule has 0 aliphatic heterocycles. The van der Waals surface area contributed by atoms with Gasteiger partial charge in [0.2, 0.25) is 0 Å². The number of nitrogens with zero attached hydrogens (tertiary/aromatic N) is 3. The van der Waals surface area contributed by atoms with E-state index in [2.05, 4.69) is 63.8 Å². The van der Waals surface area contributed by atoms with Crippen molar-refractivity contribution in [3.8, 4) is 0 Å². The van der Waals surface area contributed by atoms with Crippen LogP contribution in [-0.2, 0) is 5.41 Å². The van der Waals surface area contributed by atoms with Crippen molar-refractivity contribution in [2.75, 3.05) is 5.32 Å². The summed E-state index contributed by atoms with van der Waals surface area (Å²) in [5.74, 6) is 0.737. The van der Waals surface area contributed by atoms with Gasteiger partial charge in [-0.1, -0.05) is 20.8 Å². The Morgan fingerprint density at radius 1 is 1.17 bits per heavy atom. The van der Waals surface area contributed by atoms with E-state index in [0.29, 0.717) is 0 Å². The highest BCUT2D eigenvalue weighted by Gasteiger charge is 2.20. The Hall–Kier alpha value is -2.47. The van der Waals surface area contributed by atoms with Crippen molar-refractivity contribution in [1.29, 1.82) is 0 Å². The molecule has 0 saturated carbocycles. The Morgan fingerprint density at radius 3 is 2.87 bits per heavy atom. The summed E-state index contributed by atoms with van der Waals surface area (Å²) in [4.78, 5) is 4.37. The van der Waals surface area contributed by atoms with Crippen LogP contribution in [0.4, 0.5) is 11.5 Å². The van der Waals surface area contributed by atoms with Crippen LogP contribution < -0.4 is 5.32 Å². The van der Waals surface area contributed by atoms with Crippen LogP contribution in [0.1, 0.15) is 26.5 Å². The second kappa shape index (κ2) is 5.03. The maximum atomic E-state index is 4.63. The van der Waals surface area contributed by atoms with Crippen LogP contribution in [0.2, 0.25) is 0 Å². The number of pyridine rings is 1. The second-order valence-corrected chi connectivity index (χ2v) is 7.39. The second-order valence-electron chi connectivity index (χ2n) is 6.59. The molecule has 0 aliphatic rings. The van der Waals surface area contributed by atoms with Crippen molar-refractivity contribution in [2.24, 2.45) is 0 Å². The molecule has 0 spiro atoms. The summed E-state index contributed by atoms with van der Waals surface area (Å²) < 4.78 is 5.81. The predicted octanol–water partition coefficient (Wildman–Crippen LogP) is 4.61. The Balaban J connectivity index is 1.73. The van der Waals surface area contributed by atoms with Gasteiger partial charge in [-0.05, 0) is 41.9 Å². The molecule has 0 aliphatic carbocycles. The Kier molecular flexibility index (Phi) is 3.09. The zero-order chi connectivity index (χ0) is 16.0. The van der Waals surface area contributed by atoms with Gasteiger partial charge >= 0.3 is 0 Å². The molecule has 4 rings (SSSR count). The van der Waals surface area contributed by atoms with Crippen LogP contribution in [0.15, 0.2) is 36.5 Å². The number of anilines is 2. The van der Waals surface area contributed by atoms with Crippen LogP contribution in [0.25, 0.3) is 21.1 Å². The minimum atomic E-state index is 0.0511. The third kappa shape index (κ3) is 2.45. The Bertz CT molecular complexity index is 993. The highest BCUT2D eigenvalue weighted by Crippen LogP contribution is 2.34. The quantitative estimate of drug-likeness (QED) is 0.565. The molecule has 0 fully saturated rings. The van der Waals surface area contributed by atoms with Gasteiger partial charge in [0.15, 0.2) is 5.82 Å². The van der Waals surface area contributed by atoms with Gasteiger partial charge < -0.3 is 5.32 Å². The van der Waals surface area contributed by atoms with Gasteiger partial charge in [0.1, 0.15) is 5.52 Å². The lowest BCUT2D eigenvalue weighted by atomic mass is 9.90. The standard InChI is InChI=1S/C17H17N5S/c1-17(2,3)15-11-7-6-10(9-13(11)23-22-15)19-16-14-12(20-21-16)5-4-8-18-14/h4-9H,1-3H3,(H2,19,20,21). The van der Waals surface area contributed by atoms with Crippen LogP contribution in [-0.4, -0.2) is 19.6 Å². The smallest absolute Gasteiger partial charge is 0.178 e. The molecule has 0 saturated heterocycles. The third-order valence-electron chi connectivity index (χ3n) is 3.77. The van der Waals surface area contributed by atoms with E-state index in [1.165, 1.54) is 21.6 Å². The van der Waals surface area contributed by atoms with E-state index in [-0.39, 0.29) is 5.41 Å². The molecule has 0 unspecified atom stereocenters. The summed E-state index contributed by atoms with van der Waals surface area (Å²) in [5, 5.41) is 11.9. The van der Waals surface area contributed by atoms with E-state index in [1.54, 1.807) is 6.20 Å². The van der Waals surface area contributed by atoms with Crippen molar-refractivity contribution >= 4 is 44.2 Å². The lowest BCUT2D eigenvalue weighted by molar-refractivity contribution is 0.581. The molecule has 2 N–H and O–H groups in total. The summed E-state index contributed by atoms with van der Waals surface area (Å²) in [5.41, 5.74) is 3.95. The number of H-pyrrole nitrogens is 1. The van der Waals surface area contributed by atoms with Crippen molar-refractivity contribution in [3.05, 3.63) is 42.2 Å². The fraction of sp³-hybridized carbons (Fsp3) is 0.235. The lowest BCUT2D eigenvalue weighted by Crippen LogP contribution is -2.11. The van der Waals surface area contributed by atoms with E-state index in [9.17, 15) is 0 Å². The SMILES string of the molecule is CC(C)(C)c1nsc2cc(Nc3n[nH]c4cccnc34)ccc12. The van der Waals surface area contributed by atoms with Gasteiger partial charge in [-0.3, -0.25) is 10.1 Å². The number of hydrogen-bond donors (Lipinski definition) is 2. The maximum Gasteiger partial charge on any atom is 0.178 e. The summed E-state index contributed by atoms with van der Waals surface area (Å²) >= 11 is 1.54. The average Bonchev–Trinajstić information content (AvgIpc) is 3.11. The van der Waals surface area contributed by atoms with Gasteiger partial charge in [0.05, 0.1) is 15.9 Å². The Labute approximate surface area is 137 Å². The number of hydrogen-bond acceptors (Lipinski definition) is 5. The molecule has 0 bridgehead atoms. The minimum absolute atomic E-state index is 0.0511. The summed E-state index contributed by atoms with van der Waals surface area (Å²) in [6.07, 6.45) is 1.77. The Morgan fingerprint density at radius 2 is 2.04 bits per heavy atom. The molecule has 3 aromatic heterocycles. The van der Waals surface area contributed by atoms with E-state index < -0.39 is 0 Å². The molecule has 23 heavy (non-hydrogen) atoms. The molecule has 3 heterocycles. The first-order valence-electron chi connectivity index (χ1n) is 7.48. The number of benzene rings is 1. The van der Waals surface area contributed by atoms with Crippen LogP contribution in [0.5, 0.6) is 0 Å². The summed E-state index contributed by atoms with van der Waals surface area (Å²) in [7, 11) is 0. The highest BCUT2D eigenvalue weighted by molar-refractivity contribution is 7.13. The normalized spacial score (nSPS) is 12.1. The molecule has 0 amide bonds. The first-order chi connectivity index (χ1) is 11.0. The molecule has 5 nitrogen and oxygen atoms in total. The molecule has 1 aromatic carbocycles. The molecule has 0 atom stereocenters. The number of aromatic amines is 1. The number of nitrogens with one attached hydrogen (secondary N) is 2. The first kappa shape index (κ1) is 14.1. The zero-order valence-corrected chi connectivity index (χ0v) is 14.0. The number of aromatic nitrogens is 4. The van der Waals surface area contributed by atoms with Crippen LogP contribution in [0.3, 0.4) is 0 Å². The fourth-order valence-electron chi connectivity index (χ4n) is 2.63. The van der Waals surface area contributed by atoms with Gasteiger partial charge in [-0.15, -0.1) is 0 Å². The van der Waals surface area contributed by atoms with Gasteiger partial charge in [-0.2, -0.15) is 9.47 Å². The van der Waals surface area contributed by atoms with Crippen molar-refractivity contribution in [3.63, 3.8) is 0 Å². The zero-order valence-electron chi connectivity index (χ0n) is 13.2. The largest absolute Gasteiger partial charge is 0.337 e. The summed E-state index contributed by atoms with van der Waals surface area (Å²) in [6.45, 7) is 6.57. The van der Waals surface area contributed by atoms with E-state index in [1.807, 2.05) is 12.1 Å². The molecular formula is C17H17N5S. The molecular weight excluding hydrogens is 306 g/mol. The van der Waals surface area contributed by atoms with E-state index in [0.717, 1.165) is 28.2 Å². The monoisotopic (exact) mass is 323 g/mol. The lowest BCUT2D eigenvalue weighted by Gasteiger charge is -2.15. The van der Waals surface area contributed by atoms with Crippen molar-refractivity contribution in [2.45, 2.75) is 26.2 Å². The van der Waals surface area contributed by atoms with Crippen LogP contribution in [0, 0.1) is 0 Å². The van der Waals surface area contributed by atoms with E-state index in [4.69, 9.17) is 0 Å². The minimum Gasteiger partial charge on any atom is -0.337 e. The van der Waals surface area contributed by atoms with Gasteiger partial charge in [-0.25, -0.2) is 0 Å². The van der Waals surface area contributed by atoms with Crippen LogP contribution >= 0.6 is 11.5 Å². The first-order valence-corrected chi connectivity index (χ1v) is 8.26. The number of rotatable bonds is 2. The van der Waals surface area contributed by atoms with Crippen molar-refractivity contribution in [1.82, 2.24) is 19.6 Å². The fourth-order valence-corrected chi connectivity index (χ4v) is 3.64. The molecule has 0 radical (unpaired) electrons. The molecule has 4 aromatic rings. The van der Waals surface area contributed by atoms with E-state index >= 15 is 0 Å². The predicted molar refractivity (Wildman–Crippen MR) is 95.5 cm³/mol. The molecule has 6 heteroatoms. The van der Waals surface area contributed by atoms with Gasteiger partial charge in [0, 0.05) is 22.7 Å². The molecule has 116 valence electrons. The number of fused-ring (bicyclic) bond motifs is 2. The summed E-state index contributed by atoms with van der Waals surface area (Å²) in [6, 6.07) is 10.2. The highest BCUT2D eigenvalue weighted by atomic mass is 32.1. The van der Waals surface area contributed by atoms with Gasteiger partial charge in [0.25, 0.3) is 0 Å². The topological polar surface area (TPSA) is 66.5 Å². The average molecular weight is 323 g/mol. The third-order valence-corrected chi connectivity index (χ3v) is 4.57.